The molecule has 19 heavy (non-hydrogen) atoms. The fourth-order valence-electron chi connectivity index (χ4n) is 1.09. The number of aliphatic hydroxyl groups excluding tert-OH is 2. The van der Waals surface area contributed by atoms with Crippen molar-refractivity contribution in [2.45, 2.75) is 26.7 Å². The highest BCUT2D eigenvalue weighted by Gasteiger charge is 2.22. The Balaban J connectivity index is 5.06. The summed E-state index contributed by atoms with van der Waals surface area (Å²) in [5.41, 5.74) is 5.28. The third kappa shape index (κ3) is 6.66. The van der Waals surface area contributed by atoms with Gasteiger partial charge in [0.05, 0.1) is 26.4 Å². The second kappa shape index (κ2) is 10.2. The molecule has 0 aromatic rings. The van der Waals surface area contributed by atoms with Gasteiger partial charge in [0.1, 0.15) is 5.84 Å². The fraction of sp³-hybridized carbons (Fsp3) is 0.667. The van der Waals surface area contributed by atoms with Crippen LogP contribution < -0.4 is 5.73 Å². The SMILES string of the molecule is CCCOC(=O)/C(C(N)=NCCO)=C(/O)OCCC. The van der Waals surface area contributed by atoms with Gasteiger partial charge in [-0.05, 0) is 12.8 Å². The van der Waals surface area contributed by atoms with E-state index in [4.69, 9.17) is 20.3 Å². The molecular formula is C12H22N2O5. The van der Waals surface area contributed by atoms with Gasteiger partial charge >= 0.3 is 5.97 Å². The van der Waals surface area contributed by atoms with Crippen molar-refractivity contribution >= 4 is 11.8 Å². The molecule has 0 saturated carbocycles. The number of hydrogen-bond donors (Lipinski definition) is 3. The molecule has 0 atom stereocenters. The van der Waals surface area contributed by atoms with E-state index < -0.39 is 11.9 Å². The summed E-state index contributed by atoms with van der Waals surface area (Å²) in [4.78, 5) is 15.5. The van der Waals surface area contributed by atoms with E-state index >= 15 is 0 Å². The first-order valence-corrected chi connectivity index (χ1v) is 6.22. The second-order valence-electron chi connectivity index (χ2n) is 3.66. The zero-order valence-electron chi connectivity index (χ0n) is 11.4. The zero-order chi connectivity index (χ0) is 14.7. The molecule has 0 aliphatic heterocycles. The van der Waals surface area contributed by atoms with Crippen molar-refractivity contribution < 1.29 is 24.5 Å². The molecule has 0 aromatic carbocycles. The number of nitrogens with two attached hydrogens (primary N) is 1. The summed E-state index contributed by atoms with van der Waals surface area (Å²) in [5, 5.41) is 18.4. The summed E-state index contributed by atoms with van der Waals surface area (Å²) in [7, 11) is 0. The molecule has 7 nitrogen and oxygen atoms in total. The molecule has 0 bridgehead atoms. The van der Waals surface area contributed by atoms with Crippen LogP contribution in [0.1, 0.15) is 26.7 Å². The number of ether oxygens (including phenoxy) is 2. The summed E-state index contributed by atoms with van der Waals surface area (Å²) >= 11 is 0. The minimum Gasteiger partial charge on any atom is -0.480 e. The van der Waals surface area contributed by atoms with Gasteiger partial charge < -0.3 is 25.4 Å². The fourth-order valence-corrected chi connectivity index (χ4v) is 1.09. The first-order chi connectivity index (χ1) is 9.08. The van der Waals surface area contributed by atoms with E-state index in [0.29, 0.717) is 12.8 Å². The predicted octanol–water partition coefficient (Wildman–Crippen LogP) is 0.485. The van der Waals surface area contributed by atoms with Crippen LogP contribution in [0.25, 0.3) is 0 Å². The average Bonchev–Trinajstić information content (AvgIpc) is 2.40. The van der Waals surface area contributed by atoms with Gasteiger partial charge in [0.25, 0.3) is 5.95 Å². The molecule has 7 heteroatoms. The van der Waals surface area contributed by atoms with Gasteiger partial charge in [0, 0.05) is 0 Å². The minimum absolute atomic E-state index is 0.0252. The van der Waals surface area contributed by atoms with Crippen LogP contribution in [0.5, 0.6) is 0 Å². The molecule has 110 valence electrons. The predicted molar refractivity (Wildman–Crippen MR) is 70.7 cm³/mol. The Labute approximate surface area is 112 Å². The molecule has 0 fully saturated rings. The number of nitrogens with zero attached hydrogens (tertiary/aromatic N) is 1. The molecule has 0 unspecified atom stereocenters. The van der Waals surface area contributed by atoms with Crippen molar-refractivity contribution in [3.8, 4) is 0 Å². The van der Waals surface area contributed by atoms with Gasteiger partial charge in [-0.2, -0.15) is 0 Å². The zero-order valence-corrected chi connectivity index (χ0v) is 11.4. The maximum absolute atomic E-state index is 11.8. The van der Waals surface area contributed by atoms with Crippen molar-refractivity contribution in [3.63, 3.8) is 0 Å². The molecule has 0 aliphatic carbocycles. The summed E-state index contributed by atoms with van der Waals surface area (Å²) in [6.45, 7) is 3.95. The van der Waals surface area contributed by atoms with Gasteiger partial charge in [0.15, 0.2) is 5.57 Å². The van der Waals surface area contributed by atoms with Crippen molar-refractivity contribution in [2.75, 3.05) is 26.4 Å². The van der Waals surface area contributed by atoms with E-state index in [9.17, 15) is 9.90 Å². The highest BCUT2D eigenvalue weighted by Crippen LogP contribution is 2.08. The van der Waals surface area contributed by atoms with Gasteiger partial charge in [-0.3, -0.25) is 4.99 Å². The summed E-state index contributed by atoms with van der Waals surface area (Å²) in [6.07, 6.45) is 1.30. The van der Waals surface area contributed by atoms with E-state index in [2.05, 4.69) is 4.99 Å². The Bertz CT molecular complexity index is 339. The number of esters is 1. The Morgan fingerprint density at radius 2 is 1.79 bits per heavy atom. The Kier molecular flexibility index (Phi) is 9.25. The maximum atomic E-state index is 11.8. The minimum atomic E-state index is -0.797. The van der Waals surface area contributed by atoms with Gasteiger partial charge in [-0.25, -0.2) is 4.79 Å². The number of amidine groups is 1. The first kappa shape index (κ1) is 17.2. The number of carbonyl (C=O) groups excluding carboxylic acids is 1. The lowest BCUT2D eigenvalue weighted by molar-refractivity contribution is -0.139. The number of aliphatic imine (C=N–C) groups is 1. The summed E-state index contributed by atoms with van der Waals surface area (Å²) < 4.78 is 9.86. The van der Waals surface area contributed by atoms with Crippen LogP contribution in [-0.2, 0) is 14.3 Å². The Morgan fingerprint density at radius 3 is 2.32 bits per heavy atom. The monoisotopic (exact) mass is 274 g/mol. The smallest absolute Gasteiger partial charge is 0.349 e. The van der Waals surface area contributed by atoms with Crippen LogP contribution in [0.15, 0.2) is 16.5 Å². The molecule has 0 aromatic heterocycles. The summed E-state index contributed by atoms with van der Waals surface area (Å²) in [6, 6.07) is 0. The van der Waals surface area contributed by atoms with E-state index in [1.165, 1.54) is 0 Å². The molecule has 0 radical (unpaired) electrons. The van der Waals surface area contributed by atoms with Crippen LogP contribution in [0, 0.1) is 0 Å². The quantitative estimate of drug-likeness (QED) is 0.185. The second-order valence-corrected chi connectivity index (χ2v) is 3.66. The molecule has 0 aliphatic rings. The number of hydrogen-bond acceptors (Lipinski definition) is 6. The molecule has 0 spiro atoms. The van der Waals surface area contributed by atoms with Crippen LogP contribution in [0.2, 0.25) is 0 Å². The normalized spacial score (nSPS) is 12.9. The summed E-state index contributed by atoms with van der Waals surface area (Å²) in [5.74, 6) is -1.62. The standard InChI is InChI=1S/C12H22N2O5/c1-3-7-18-11(16)9(10(13)14-5-6-15)12(17)19-8-4-2/h15-16H,3-8H2,1-2H3,(H2,13,14)/b11-9-. The van der Waals surface area contributed by atoms with E-state index in [1.54, 1.807) is 0 Å². The third-order valence-corrected chi connectivity index (χ3v) is 1.94. The number of carbonyl (C=O) groups is 1. The van der Waals surface area contributed by atoms with E-state index in [0.717, 1.165) is 0 Å². The highest BCUT2D eigenvalue weighted by molar-refractivity contribution is 6.18. The Hall–Kier alpha value is -1.76. The lowest BCUT2D eigenvalue weighted by Crippen LogP contribution is -2.26. The Morgan fingerprint density at radius 1 is 1.21 bits per heavy atom. The molecule has 0 saturated heterocycles. The molecular weight excluding hydrogens is 252 g/mol. The van der Waals surface area contributed by atoms with Crippen LogP contribution in [-0.4, -0.2) is 48.4 Å². The van der Waals surface area contributed by atoms with Crippen molar-refractivity contribution in [3.05, 3.63) is 11.5 Å². The molecule has 0 amide bonds. The van der Waals surface area contributed by atoms with E-state index in [1.807, 2.05) is 13.8 Å². The van der Waals surface area contributed by atoms with Crippen molar-refractivity contribution in [1.82, 2.24) is 0 Å². The number of aliphatic hydroxyl groups is 2. The first-order valence-electron chi connectivity index (χ1n) is 6.22. The lowest BCUT2D eigenvalue weighted by atomic mass is 10.2. The molecule has 0 rings (SSSR count). The van der Waals surface area contributed by atoms with Crippen LogP contribution >= 0.6 is 0 Å². The van der Waals surface area contributed by atoms with Gasteiger partial charge in [0.2, 0.25) is 0 Å². The van der Waals surface area contributed by atoms with Gasteiger partial charge in [-0.15, -0.1) is 0 Å². The van der Waals surface area contributed by atoms with Crippen molar-refractivity contribution in [2.24, 2.45) is 10.7 Å². The molecule has 0 heterocycles. The maximum Gasteiger partial charge on any atom is 0.349 e. The number of rotatable bonds is 9. The largest absolute Gasteiger partial charge is 0.480 e. The molecule has 4 N–H and O–H groups in total. The van der Waals surface area contributed by atoms with Crippen molar-refractivity contribution in [1.29, 1.82) is 0 Å². The highest BCUT2D eigenvalue weighted by atomic mass is 16.6. The third-order valence-electron chi connectivity index (χ3n) is 1.94. The van der Waals surface area contributed by atoms with Crippen LogP contribution in [0.4, 0.5) is 0 Å². The van der Waals surface area contributed by atoms with E-state index in [-0.39, 0.29) is 37.8 Å². The lowest BCUT2D eigenvalue weighted by Gasteiger charge is -2.10. The topological polar surface area (TPSA) is 114 Å². The average molecular weight is 274 g/mol. The van der Waals surface area contributed by atoms with Gasteiger partial charge in [-0.1, -0.05) is 13.8 Å². The van der Waals surface area contributed by atoms with Crippen LogP contribution in [0.3, 0.4) is 0 Å².